The zero-order chi connectivity index (χ0) is 4.28. The monoisotopic (exact) mass is 216 g/mol. The second-order valence-corrected chi connectivity index (χ2v) is 4.06. The highest BCUT2D eigenvalue weighted by Gasteiger charge is 1.83. The Kier molecular flexibility index (Phi) is 44.9. The van der Waals surface area contributed by atoms with Crippen LogP contribution in [0, 0.1) is 0 Å². The van der Waals surface area contributed by atoms with E-state index in [0.717, 1.165) is 16.7 Å². The average molecular weight is 218 g/mol. The first-order valence-electron chi connectivity index (χ1n) is 1.91. The van der Waals surface area contributed by atoms with Crippen LogP contribution in [0.25, 0.3) is 0 Å². The second-order valence-electron chi connectivity index (χ2n) is 1.19. The number of alkyl halides is 1. The number of hydrogen-bond acceptors (Lipinski definition) is 0. The Bertz CT molecular complexity index is 25.2. The maximum Gasteiger partial charge on any atom is 0.0254 e. The van der Waals surface area contributed by atoms with Crippen LogP contribution in [0.1, 0.15) is 13.3 Å². The van der Waals surface area contributed by atoms with Gasteiger partial charge in [-0.25, -0.2) is 0 Å². The smallest absolute Gasteiger partial charge is 0.0254 e. The van der Waals surface area contributed by atoms with Crippen molar-refractivity contribution in [2.75, 3.05) is 0 Å². The molecule has 0 bridgehead atoms. The molecule has 0 heterocycles. The van der Waals surface area contributed by atoms with E-state index in [9.17, 15) is 0 Å². The van der Waals surface area contributed by atoms with Gasteiger partial charge in [0.25, 0.3) is 0 Å². The molecular formula is C3H12Cl4Si. The summed E-state index contributed by atoms with van der Waals surface area (Å²) in [4.78, 5) is 0. The topological polar surface area (TPSA) is 0 Å². The summed E-state index contributed by atoms with van der Waals surface area (Å²) in [6, 6.07) is 0. The van der Waals surface area contributed by atoms with Crippen LogP contribution >= 0.6 is 48.8 Å². The van der Waals surface area contributed by atoms with Gasteiger partial charge in [0, 0.05) is 15.2 Å². The minimum atomic E-state index is 0. The quantitative estimate of drug-likeness (QED) is 0.463. The maximum atomic E-state index is 5.52. The third-order valence-corrected chi connectivity index (χ3v) is 1.69. The summed E-state index contributed by atoms with van der Waals surface area (Å²) in [6.07, 6.45) is 1.13. The van der Waals surface area contributed by atoms with Gasteiger partial charge in [0.15, 0.2) is 0 Å². The van der Waals surface area contributed by atoms with Gasteiger partial charge < -0.3 is 0 Å². The zero-order valence-corrected chi connectivity index (χ0v) is 10.1. The Morgan fingerprint density at radius 2 is 1.50 bits per heavy atom. The Labute approximate surface area is 77.4 Å². The first kappa shape index (κ1) is 22.8. The summed E-state index contributed by atoms with van der Waals surface area (Å²) in [7, 11) is 1.14. The molecule has 0 aromatic heterocycles. The van der Waals surface area contributed by atoms with Crippen LogP contribution in [-0.4, -0.2) is 15.2 Å². The summed E-state index contributed by atoms with van der Waals surface area (Å²) < 4.78 is 0. The van der Waals surface area contributed by atoms with Crippen molar-refractivity contribution in [2.45, 2.75) is 18.3 Å². The highest BCUT2D eigenvalue weighted by Crippen LogP contribution is 1.90. The summed E-state index contributed by atoms with van der Waals surface area (Å²) >= 11 is 5.52. The van der Waals surface area contributed by atoms with Gasteiger partial charge in [-0.15, -0.1) is 48.8 Å². The predicted octanol–water partition coefficient (Wildman–Crippen LogP) is 1.59. The Morgan fingerprint density at radius 1 is 1.38 bits per heavy atom. The third kappa shape index (κ3) is 26.3. The van der Waals surface area contributed by atoms with E-state index in [1.807, 2.05) is 0 Å². The standard InChI is InChI=1S/C3H9ClSi.3ClH/c1-2-3(4)5;;;/h3H,2H2,1,5H3;3*1H. The van der Waals surface area contributed by atoms with E-state index in [1.165, 1.54) is 0 Å². The lowest BCUT2D eigenvalue weighted by atomic mass is 10.6. The lowest BCUT2D eigenvalue weighted by molar-refractivity contribution is 1.04. The summed E-state index contributed by atoms with van der Waals surface area (Å²) in [5.74, 6) is 0. The van der Waals surface area contributed by atoms with Crippen molar-refractivity contribution < 1.29 is 0 Å². The van der Waals surface area contributed by atoms with Crippen molar-refractivity contribution in [2.24, 2.45) is 0 Å². The van der Waals surface area contributed by atoms with Gasteiger partial charge in [0.05, 0.1) is 0 Å². The van der Waals surface area contributed by atoms with Gasteiger partial charge in [-0.1, -0.05) is 6.92 Å². The fourth-order valence-electron chi connectivity index (χ4n) is 0. The molecule has 8 heavy (non-hydrogen) atoms. The van der Waals surface area contributed by atoms with E-state index in [2.05, 4.69) is 6.92 Å². The van der Waals surface area contributed by atoms with E-state index in [0.29, 0.717) is 5.00 Å². The highest BCUT2D eigenvalue weighted by molar-refractivity contribution is 6.40. The van der Waals surface area contributed by atoms with Crippen molar-refractivity contribution in [3.63, 3.8) is 0 Å². The molecule has 0 aliphatic heterocycles. The van der Waals surface area contributed by atoms with Crippen LogP contribution in [0.3, 0.4) is 0 Å². The van der Waals surface area contributed by atoms with Crippen LogP contribution in [0.4, 0.5) is 0 Å². The first-order valence-corrected chi connectivity index (χ1v) is 3.50. The zero-order valence-electron chi connectivity index (χ0n) is 4.89. The number of rotatable bonds is 1. The van der Waals surface area contributed by atoms with E-state index in [1.54, 1.807) is 0 Å². The van der Waals surface area contributed by atoms with Gasteiger partial charge >= 0.3 is 0 Å². The highest BCUT2D eigenvalue weighted by atomic mass is 35.5. The van der Waals surface area contributed by atoms with Crippen LogP contribution < -0.4 is 0 Å². The van der Waals surface area contributed by atoms with Crippen LogP contribution in [0.2, 0.25) is 0 Å². The molecule has 0 nitrogen and oxygen atoms in total. The molecule has 0 fully saturated rings. The van der Waals surface area contributed by atoms with Gasteiger partial charge in [-0.2, -0.15) is 0 Å². The Hall–Kier alpha value is 1.38. The van der Waals surface area contributed by atoms with Crippen LogP contribution in [0.5, 0.6) is 0 Å². The summed E-state index contributed by atoms with van der Waals surface area (Å²) in [5.41, 5.74) is 0. The van der Waals surface area contributed by atoms with Gasteiger partial charge in [-0.3, -0.25) is 0 Å². The van der Waals surface area contributed by atoms with Crippen molar-refractivity contribution >= 4 is 59.1 Å². The molecule has 1 unspecified atom stereocenters. The number of halogens is 4. The fraction of sp³-hybridized carbons (Fsp3) is 1.00. The molecule has 0 saturated heterocycles. The minimum Gasteiger partial charge on any atom is -0.147 e. The molecule has 0 saturated carbocycles. The lowest BCUT2D eigenvalue weighted by Gasteiger charge is -1.87. The normalized spacial score (nSPS) is 9.75. The molecule has 0 aliphatic rings. The molecular weight excluding hydrogens is 206 g/mol. The SMILES string of the molecule is CCC([SiH3])Cl.Cl.Cl.Cl. The Balaban J connectivity index is -0.0000000267. The lowest BCUT2D eigenvalue weighted by Crippen LogP contribution is -1.90. The summed E-state index contributed by atoms with van der Waals surface area (Å²) in [5, 5.41) is 0.495. The van der Waals surface area contributed by atoms with Crippen molar-refractivity contribution in [1.82, 2.24) is 0 Å². The van der Waals surface area contributed by atoms with E-state index in [4.69, 9.17) is 11.6 Å². The molecule has 0 aromatic rings. The van der Waals surface area contributed by atoms with Crippen molar-refractivity contribution in [1.29, 1.82) is 0 Å². The van der Waals surface area contributed by atoms with Crippen molar-refractivity contribution in [3.05, 3.63) is 0 Å². The first-order chi connectivity index (χ1) is 2.27. The maximum absolute atomic E-state index is 5.52. The largest absolute Gasteiger partial charge is 0.147 e. The van der Waals surface area contributed by atoms with E-state index < -0.39 is 0 Å². The molecule has 1 atom stereocenters. The average Bonchev–Trinajstić information content (AvgIpc) is 1.38. The van der Waals surface area contributed by atoms with Crippen molar-refractivity contribution in [3.8, 4) is 0 Å². The van der Waals surface area contributed by atoms with Gasteiger partial charge in [0.1, 0.15) is 0 Å². The molecule has 5 heteroatoms. The van der Waals surface area contributed by atoms with E-state index in [-0.39, 0.29) is 37.2 Å². The Morgan fingerprint density at radius 3 is 1.50 bits per heavy atom. The molecule has 0 aromatic carbocycles. The molecule has 0 rings (SSSR count). The molecule has 0 radical (unpaired) electrons. The molecule has 56 valence electrons. The van der Waals surface area contributed by atoms with E-state index >= 15 is 0 Å². The fourth-order valence-corrected chi connectivity index (χ4v) is 0. The number of hydrogen-bond donors (Lipinski definition) is 0. The van der Waals surface area contributed by atoms with Gasteiger partial charge in [0.2, 0.25) is 0 Å². The third-order valence-electron chi connectivity index (χ3n) is 0.563. The second kappa shape index (κ2) is 15.8. The van der Waals surface area contributed by atoms with Crippen LogP contribution in [-0.2, 0) is 0 Å². The molecule has 0 N–H and O–H groups in total. The predicted molar refractivity (Wildman–Crippen MR) is 51.6 cm³/mol. The van der Waals surface area contributed by atoms with Gasteiger partial charge in [-0.05, 0) is 6.42 Å². The molecule has 0 spiro atoms. The molecule has 0 amide bonds. The van der Waals surface area contributed by atoms with Crippen LogP contribution in [0.15, 0.2) is 0 Å². The molecule has 0 aliphatic carbocycles. The summed E-state index contributed by atoms with van der Waals surface area (Å²) in [6.45, 7) is 2.10. The minimum absolute atomic E-state index is 0.